The monoisotopic (exact) mass is 258 g/mol. The summed E-state index contributed by atoms with van der Waals surface area (Å²) < 4.78 is 0. The van der Waals surface area contributed by atoms with Crippen LogP contribution in [0.1, 0.15) is 35.4 Å². The minimum atomic E-state index is -0.955. The van der Waals surface area contributed by atoms with Crippen molar-refractivity contribution in [1.82, 2.24) is 10.3 Å². The third-order valence-electron chi connectivity index (χ3n) is 5.28. The standard InChI is InChI=1S/C15H18N2O2/c18-15(19)11-3-1-2-10(17-11)7-16-14-12-8-4-5-9(6-8)13(12)14/h1-3,8-9,12-14,16H,4-7H2,(H,18,19). The lowest BCUT2D eigenvalue weighted by atomic mass is 10.0. The van der Waals surface area contributed by atoms with Crippen LogP contribution < -0.4 is 5.32 Å². The van der Waals surface area contributed by atoms with Gasteiger partial charge in [-0.15, -0.1) is 0 Å². The number of hydrogen-bond donors (Lipinski definition) is 2. The number of hydrogen-bond acceptors (Lipinski definition) is 3. The number of aromatic carboxylic acids is 1. The van der Waals surface area contributed by atoms with Crippen molar-refractivity contribution >= 4 is 5.97 Å². The highest BCUT2D eigenvalue weighted by Crippen LogP contribution is 2.65. The SMILES string of the molecule is O=C(O)c1cccc(CNC2C3C4CCC(C4)C23)n1. The Morgan fingerprint density at radius 2 is 2.05 bits per heavy atom. The molecule has 19 heavy (non-hydrogen) atoms. The Hall–Kier alpha value is -1.42. The Morgan fingerprint density at radius 1 is 1.32 bits per heavy atom. The number of pyridine rings is 1. The van der Waals surface area contributed by atoms with E-state index >= 15 is 0 Å². The fourth-order valence-corrected chi connectivity index (χ4v) is 4.52. The number of nitrogens with zero attached hydrogens (tertiary/aromatic N) is 1. The van der Waals surface area contributed by atoms with E-state index in [9.17, 15) is 4.79 Å². The first-order valence-corrected chi connectivity index (χ1v) is 7.16. The van der Waals surface area contributed by atoms with Crippen molar-refractivity contribution in [2.45, 2.75) is 31.8 Å². The molecule has 3 aliphatic rings. The Balaban J connectivity index is 1.39. The topological polar surface area (TPSA) is 62.2 Å². The average molecular weight is 258 g/mol. The molecule has 2 N–H and O–H groups in total. The molecule has 3 fully saturated rings. The highest BCUT2D eigenvalue weighted by molar-refractivity contribution is 5.85. The van der Waals surface area contributed by atoms with Gasteiger partial charge < -0.3 is 10.4 Å². The summed E-state index contributed by atoms with van der Waals surface area (Å²) in [5.41, 5.74) is 0.965. The Kier molecular flexibility index (Phi) is 2.42. The van der Waals surface area contributed by atoms with Gasteiger partial charge in [-0.05, 0) is 55.1 Å². The third kappa shape index (κ3) is 1.77. The highest BCUT2D eigenvalue weighted by Gasteiger charge is 2.64. The predicted molar refractivity (Wildman–Crippen MR) is 69.6 cm³/mol. The van der Waals surface area contributed by atoms with Crippen molar-refractivity contribution in [1.29, 1.82) is 0 Å². The van der Waals surface area contributed by atoms with E-state index in [-0.39, 0.29) is 5.69 Å². The molecule has 100 valence electrons. The molecule has 3 saturated carbocycles. The number of carboxylic acids is 1. The van der Waals surface area contributed by atoms with Gasteiger partial charge >= 0.3 is 5.97 Å². The van der Waals surface area contributed by atoms with Crippen molar-refractivity contribution < 1.29 is 9.90 Å². The van der Waals surface area contributed by atoms with E-state index in [1.165, 1.54) is 25.3 Å². The summed E-state index contributed by atoms with van der Waals surface area (Å²) in [7, 11) is 0. The summed E-state index contributed by atoms with van der Waals surface area (Å²) in [6, 6.07) is 5.87. The van der Waals surface area contributed by atoms with Crippen LogP contribution in [0.2, 0.25) is 0 Å². The number of fused-ring (bicyclic) bond motifs is 5. The van der Waals surface area contributed by atoms with Crippen molar-refractivity contribution in [2.75, 3.05) is 0 Å². The van der Waals surface area contributed by atoms with Gasteiger partial charge in [0.1, 0.15) is 5.69 Å². The number of carbonyl (C=O) groups is 1. The average Bonchev–Trinajstić information content (AvgIpc) is 2.79. The van der Waals surface area contributed by atoms with E-state index in [1.54, 1.807) is 6.07 Å². The lowest BCUT2D eigenvalue weighted by Crippen LogP contribution is -2.23. The Morgan fingerprint density at radius 3 is 2.74 bits per heavy atom. The zero-order chi connectivity index (χ0) is 13.0. The number of rotatable bonds is 4. The van der Waals surface area contributed by atoms with Crippen molar-refractivity contribution in [3.63, 3.8) is 0 Å². The summed E-state index contributed by atoms with van der Waals surface area (Å²) >= 11 is 0. The van der Waals surface area contributed by atoms with Gasteiger partial charge in [0.25, 0.3) is 0 Å². The van der Waals surface area contributed by atoms with Crippen molar-refractivity contribution in [3.05, 3.63) is 29.6 Å². The first-order chi connectivity index (χ1) is 9.24. The molecular weight excluding hydrogens is 240 g/mol. The van der Waals surface area contributed by atoms with Gasteiger partial charge in [0.15, 0.2) is 0 Å². The van der Waals surface area contributed by atoms with Gasteiger partial charge in [-0.2, -0.15) is 0 Å². The summed E-state index contributed by atoms with van der Waals surface area (Å²) in [6.45, 7) is 0.693. The molecule has 4 nitrogen and oxygen atoms in total. The van der Waals surface area contributed by atoms with Crippen LogP contribution in [0.5, 0.6) is 0 Å². The lowest BCUT2D eigenvalue weighted by Gasteiger charge is -2.10. The summed E-state index contributed by atoms with van der Waals surface area (Å²) in [5, 5.41) is 12.5. The van der Waals surface area contributed by atoms with E-state index in [1.807, 2.05) is 6.07 Å². The molecule has 0 aromatic carbocycles. The molecule has 0 saturated heterocycles. The van der Waals surface area contributed by atoms with E-state index in [4.69, 9.17) is 5.11 Å². The van der Waals surface area contributed by atoms with Gasteiger partial charge in [0, 0.05) is 12.6 Å². The molecule has 0 amide bonds. The van der Waals surface area contributed by atoms with E-state index in [0.29, 0.717) is 12.6 Å². The minimum absolute atomic E-state index is 0.135. The van der Waals surface area contributed by atoms with Gasteiger partial charge in [-0.1, -0.05) is 6.07 Å². The second kappa shape index (κ2) is 4.04. The van der Waals surface area contributed by atoms with Crippen LogP contribution in [0, 0.1) is 23.7 Å². The fraction of sp³-hybridized carbons (Fsp3) is 0.600. The van der Waals surface area contributed by atoms with Crippen LogP contribution in [0.4, 0.5) is 0 Å². The molecule has 1 aromatic rings. The molecule has 2 bridgehead atoms. The minimum Gasteiger partial charge on any atom is -0.477 e. The molecular formula is C15H18N2O2. The van der Waals surface area contributed by atoms with Crippen LogP contribution in [0.15, 0.2) is 18.2 Å². The maximum atomic E-state index is 10.9. The van der Waals surface area contributed by atoms with Crippen LogP contribution in [-0.4, -0.2) is 22.1 Å². The third-order valence-corrected chi connectivity index (χ3v) is 5.28. The Labute approximate surface area is 112 Å². The van der Waals surface area contributed by atoms with Gasteiger partial charge in [0.05, 0.1) is 5.69 Å². The second-order valence-corrected chi connectivity index (χ2v) is 6.21. The highest BCUT2D eigenvalue weighted by atomic mass is 16.4. The predicted octanol–water partition coefficient (Wildman–Crippen LogP) is 1.91. The van der Waals surface area contributed by atoms with E-state index in [2.05, 4.69) is 10.3 Å². The Bertz CT molecular complexity index is 515. The lowest BCUT2D eigenvalue weighted by molar-refractivity contribution is 0.0690. The molecule has 1 aromatic heterocycles. The van der Waals surface area contributed by atoms with Crippen LogP contribution in [0.25, 0.3) is 0 Å². The zero-order valence-corrected chi connectivity index (χ0v) is 10.7. The van der Waals surface area contributed by atoms with E-state index in [0.717, 1.165) is 29.4 Å². The fourth-order valence-electron chi connectivity index (χ4n) is 4.52. The number of nitrogens with one attached hydrogen (secondary N) is 1. The molecule has 0 aliphatic heterocycles. The quantitative estimate of drug-likeness (QED) is 0.866. The normalized spacial score (nSPS) is 38.2. The van der Waals surface area contributed by atoms with Gasteiger partial charge in [-0.25, -0.2) is 9.78 Å². The van der Waals surface area contributed by atoms with Crippen LogP contribution >= 0.6 is 0 Å². The van der Waals surface area contributed by atoms with Gasteiger partial charge in [0.2, 0.25) is 0 Å². The van der Waals surface area contributed by atoms with Crippen molar-refractivity contribution in [3.8, 4) is 0 Å². The summed E-state index contributed by atoms with van der Waals surface area (Å²) in [6.07, 6.45) is 4.31. The van der Waals surface area contributed by atoms with Crippen LogP contribution in [0.3, 0.4) is 0 Å². The zero-order valence-electron chi connectivity index (χ0n) is 10.7. The molecule has 0 radical (unpaired) electrons. The number of carboxylic acid groups (broad SMARTS) is 1. The summed E-state index contributed by atoms with van der Waals surface area (Å²) in [4.78, 5) is 15.0. The van der Waals surface area contributed by atoms with Crippen molar-refractivity contribution in [2.24, 2.45) is 23.7 Å². The molecule has 4 unspecified atom stereocenters. The molecule has 4 rings (SSSR count). The molecule has 1 heterocycles. The molecule has 0 spiro atoms. The van der Waals surface area contributed by atoms with Crippen LogP contribution in [-0.2, 0) is 6.54 Å². The molecule has 4 heteroatoms. The second-order valence-electron chi connectivity index (χ2n) is 6.21. The number of aromatic nitrogens is 1. The van der Waals surface area contributed by atoms with E-state index < -0.39 is 5.97 Å². The summed E-state index contributed by atoms with van der Waals surface area (Å²) in [5.74, 6) is 2.78. The maximum absolute atomic E-state index is 10.9. The largest absolute Gasteiger partial charge is 0.477 e. The molecule has 3 aliphatic carbocycles. The molecule has 4 atom stereocenters. The maximum Gasteiger partial charge on any atom is 0.354 e. The smallest absolute Gasteiger partial charge is 0.354 e. The first kappa shape index (κ1) is 11.4. The first-order valence-electron chi connectivity index (χ1n) is 7.16. The van der Waals surface area contributed by atoms with Gasteiger partial charge in [-0.3, -0.25) is 0 Å².